The highest BCUT2D eigenvalue weighted by Gasteiger charge is 2.12. The van der Waals surface area contributed by atoms with Crippen molar-refractivity contribution in [3.05, 3.63) is 43.2 Å². The van der Waals surface area contributed by atoms with Crippen LogP contribution in [0.15, 0.2) is 24.3 Å². The Morgan fingerprint density at radius 3 is 2.44 bits per heavy atom. The van der Waals surface area contributed by atoms with Gasteiger partial charge in [-0.25, -0.2) is 0 Å². The Hall–Kier alpha value is -1.17. The lowest BCUT2D eigenvalue weighted by atomic mass is 10.3. The van der Waals surface area contributed by atoms with Gasteiger partial charge in [-0.3, -0.25) is 9.59 Å². The molecule has 0 saturated carbocycles. The molecule has 0 aliphatic heterocycles. The van der Waals surface area contributed by atoms with Crippen LogP contribution in [0.4, 0.5) is 0 Å². The zero-order valence-electron chi connectivity index (χ0n) is 9.53. The van der Waals surface area contributed by atoms with Gasteiger partial charge in [-0.2, -0.15) is 0 Å². The molecule has 94 valence electrons. The molecule has 0 atom stereocenters. The first kappa shape index (κ1) is 13.3. The molecule has 2 rings (SSSR count). The van der Waals surface area contributed by atoms with Crippen LogP contribution in [-0.2, 0) is 0 Å². The smallest absolute Gasteiger partial charge is 0.261 e. The summed E-state index contributed by atoms with van der Waals surface area (Å²) in [6.07, 6.45) is 0. The van der Waals surface area contributed by atoms with Crippen molar-refractivity contribution in [1.29, 1.82) is 0 Å². The maximum atomic E-state index is 11.7. The molecule has 0 radical (unpaired) electrons. The van der Waals surface area contributed by atoms with Crippen molar-refractivity contribution in [3.63, 3.8) is 0 Å². The van der Waals surface area contributed by atoms with Gasteiger partial charge in [-0.05, 0) is 31.2 Å². The van der Waals surface area contributed by atoms with Gasteiger partial charge < -0.3 is 5.32 Å². The molecule has 0 aliphatic rings. The lowest BCUT2D eigenvalue weighted by Crippen LogP contribution is -2.28. The predicted octanol–water partition coefficient (Wildman–Crippen LogP) is 3.38. The molecule has 0 aromatic carbocycles. The number of nitrogens with one attached hydrogen (secondary N) is 1. The van der Waals surface area contributed by atoms with Gasteiger partial charge in [-0.15, -0.1) is 22.7 Å². The highest BCUT2D eigenvalue weighted by Crippen LogP contribution is 2.21. The van der Waals surface area contributed by atoms with Gasteiger partial charge in [0.2, 0.25) is 0 Å². The standard InChI is InChI=1S/C12H10ClNO2S2/c1-7-2-3-10(17-7)12(16)14-6-8(15)9-4-5-11(13)18-9/h2-5H,6H2,1H3,(H,14,16). The van der Waals surface area contributed by atoms with Crippen LogP contribution in [0.25, 0.3) is 0 Å². The molecule has 3 nitrogen and oxygen atoms in total. The second-order valence-electron chi connectivity index (χ2n) is 3.62. The Morgan fingerprint density at radius 2 is 1.89 bits per heavy atom. The quantitative estimate of drug-likeness (QED) is 0.880. The second-order valence-corrected chi connectivity index (χ2v) is 6.62. The largest absolute Gasteiger partial charge is 0.344 e. The van der Waals surface area contributed by atoms with Gasteiger partial charge >= 0.3 is 0 Å². The van der Waals surface area contributed by atoms with E-state index >= 15 is 0 Å². The molecule has 0 aliphatic carbocycles. The SMILES string of the molecule is Cc1ccc(C(=O)NCC(=O)c2ccc(Cl)s2)s1. The van der Waals surface area contributed by atoms with Crippen molar-refractivity contribution in [1.82, 2.24) is 5.32 Å². The van der Waals surface area contributed by atoms with E-state index in [-0.39, 0.29) is 18.2 Å². The van der Waals surface area contributed by atoms with Crippen LogP contribution in [0.5, 0.6) is 0 Å². The molecular formula is C12H10ClNO2S2. The van der Waals surface area contributed by atoms with E-state index in [2.05, 4.69) is 5.32 Å². The van der Waals surface area contributed by atoms with E-state index in [4.69, 9.17) is 11.6 Å². The average molecular weight is 300 g/mol. The van der Waals surface area contributed by atoms with E-state index in [9.17, 15) is 9.59 Å². The zero-order chi connectivity index (χ0) is 13.1. The Morgan fingerprint density at radius 1 is 1.17 bits per heavy atom. The van der Waals surface area contributed by atoms with E-state index in [1.54, 1.807) is 18.2 Å². The number of Topliss-reactive ketones (excluding diaryl/α,β-unsaturated/α-hetero) is 1. The minimum atomic E-state index is -0.218. The molecule has 1 amide bonds. The highest BCUT2D eigenvalue weighted by atomic mass is 35.5. The first-order chi connectivity index (χ1) is 8.56. The third kappa shape index (κ3) is 3.19. The van der Waals surface area contributed by atoms with Crippen LogP contribution in [0.2, 0.25) is 4.34 Å². The third-order valence-electron chi connectivity index (χ3n) is 2.22. The maximum absolute atomic E-state index is 11.7. The van der Waals surface area contributed by atoms with Crippen LogP contribution in [-0.4, -0.2) is 18.2 Å². The van der Waals surface area contributed by atoms with Crippen LogP contribution in [0, 0.1) is 6.92 Å². The van der Waals surface area contributed by atoms with Gasteiger partial charge in [0, 0.05) is 4.88 Å². The molecular weight excluding hydrogens is 290 g/mol. The maximum Gasteiger partial charge on any atom is 0.261 e. The summed E-state index contributed by atoms with van der Waals surface area (Å²) in [4.78, 5) is 25.7. The summed E-state index contributed by atoms with van der Waals surface area (Å²) in [6.45, 7) is 1.92. The fourth-order valence-corrected chi connectivity index (χ4v) is 3.12. The molecule has 0 saturated heterocycles. The van der Waals surface area contributed by atoms with E-state index in [0.717, 1.165) is 4.88 Å². The van der Waals surface area contributed by atoms with Crippen LogP contribution in [0.1, 0.15) is 24.2 Å². The number of carbonyl (C=O) groups is 2. The lowest BCUT2D eigenvalue weighted by molar-refractivity contribution is 0.0908. The summed E-state index contributed by atoms with van der Waals surface area (Å²) in [7, 11) is 0. The van der Waals surface area contributed by atoms with Crippen molar-refractivity contribution >= 4 is 46.0 Å². The van der Waals surface area contributed by atoms with Gasteiger partial charge in [-0.1, -0.05) is 11.6 Å². The molecule has 0 fully saturated rings. The number of thiophene rings is 2. The number of rotatable bonds is 4. The average Bonchev–Trinajstić information content (AvgIpc) is 2.94. The van der Waals surface area contributed by atoms with Crippen molar-refractivity contribution < 1.29 is 9.59 Å². The molecule has 0 unspecified atom stereocenters. The van der Waals surface area contributed by atoms with E-state index in [1.165, 1.54) is 22.7 Å². The summed E-state index contributed by atoms with van der Waals surface area (Å²) < 4.78 is 0.568. The number of hydrogen-bond acceptors (Lipinski definition) is 4. The Kier molecular flexibility index (Phi) is 4.16. The molecule has 1 N–H and O–H groups in total. The number of aryl methyl sites for hydroxylation is 1. The van der Waals surface area contributed by atoms with Crippen LogP contribution in [0.3, 0.4) is 0 Å². The Balaban J connectivity index is 1.92. The summed E-state index contributed by atoms with van der Waals surface area (Å²) >= 11 is 8.37. The van der Waals surface area contributed by atoms with Crippen molar-refractivity contribution in [2.45, 2.75) is 6.92 Å². The van der Waals surface area contributed by atoms with E-state index < -0.39 is 0 Å². The Bertz CT molecular complexity index is 536. The number of halogens is 1. The predicted molar refractivity (Wildman–Crippen MR) is 75.0 cm³/mol. The first-order valence-electron chi connectivity index (χ1n) is 5.19. The fourth-order valence-electron chi connectivity index (χ4n) is 1.36. The second kappa shape index (κ2) is 5.65. The minimum Gasteiger partial charge on any atom is -0.344 e. The molecule has 2 aromatic heterocycles. The van der Waals surface area contributed by atoms with Crippen molar-refractivity contribution in [3.8, 4) is 0 Å². The van der Waals surface area contributed by atoms with Gasteiger partial charge in [0.05, 0.1) is 20.6 Å². The third-order valence-corrected chi connectivity index (χ3v) is 4.49. The summed E-state index contributed by atoms with van der Waals surface area (Å²) in [5.41, 5.74) is 0. The molecule has 2 heterocycles. The normalized spacial score (nSPS) is 10.3. The molecule has 0 spiro atoms. The first-order valence-corrected chi connectivity index (χ1v) is 7.20. The Labute approximate surface area is 117 Å². The van der Waals surface area contributed by atoms with Gasteiger partial charge in [0.15, 0.2) is 5.78 Å². The van der Waals surface area contributed by atoms with Crippen molar-refractivity contribution in [2.24, 2.45) is 0 Å². The molecule has 2 aromatic rings. The summed E-state index contributed by atoms with van der Waals surface area (Å²) in [5, 5.41) is 2.61. The lowest BCUT2D eigenvalue weighted by Gasteiger charge is -2.01. The highest BCUT2D eigenvalue weighted by molar-refractivity contribution is 7.18. The van der Waals surface area contributed by atoms with Crippen LogP contribution < -0.4 is 5.32 Å². The number of carbonyl (C=O) groups excluding carboxylic acids is 2. The van der Waals surface area contributed by atoms with Crippen LogP contribution >= 0.6 is 34.3 Å². The topological polar surface area (TPSA) is 46.2 Å². The fraction of sp³-hybridized carbons (Fsp3) is 0.167. The summed E-state index contributed by atoms with van der Waals surface area (Å²) in [6, 6.07) is 6.96. The van der Waals surface area contributed by atoms with E-state index in [1.807, 2.05) is 13.0 Å². The monoisotopic (exact) mass is 299 g/mol. The number of ketones is 1. The minimum absolute atomic E-state index is 0.00732. The van der Waals surface area contributed by atoms with Gasteiger partial charge in [0.1, 0.15) is 0 Å². The zero-order valence-corrected chi connectivity index (χ0v) is 11.9. The van der Waals surface area contributed by atoms with Crippen molar-refractivity contribution in [2.75, 3.05) is 6.54 Å². The molecule has 18 heavy (non-hydrogen) atoms. The van der Waals surface area contributed by atoms with Gasteiger partial charge in [0.25, 0.3) is 5.91 Å². The molecule has 6 heteroatoms. The molecule has 0 bridgehead atoms. The summed E-state index contributed by atoms with van der Waals surface area (Å²) in [5.74, 6) is -0.349. The van der Waals surface area contributed by atoms with E-state index in [0.29, 0.717) is 14.1 Å². The number of amides is 1. The number of hydrogen-bond donors (Lipinski definition) is 1.